The van der Waals surface area contributed by atoms with Gasteiger partial charge in [0.25, 0.3) is 5.91 Å². The molecule has 0 fully saturated rings. The number of aliphatic hydroxyl groups is 1. The van der Waals surface area contributed by atoms with Crippen LogP contribution in [0, 0.1) is 0 Å². The first-order valence-corrected chi connectivity index (χ1v) is 8.30. The second-order valence-corrected chi connectivity index (χ2v) is 6.18. The molecule has 2 heterocycles. The van der Waals surface area contributed by atoms with Crippen LogP contribution in [0.2, 0.25) is 0 Å². The first-order chi connectivity index (χ1) is 11.7. The van der Waals surface area contributed by atoms with Crippen LogP contribution in [0.1, 0.15) is 10.4 Å². The highest BCUT2D eigenvalue weighted by Crippen LogP contribution is 2.32. The van der Waals surface area contributed by atoms with Gasteiger partial charge in [0, 0.05) is 10.4 Å². The summed E-state index contributed by atoms with van der Waals surface area (Å²) in [5, 5.41) is 15.7. The van der Waals surface area contributed by atoms with E-state index in [0.29, 0.717) is 11.3 Å². The molecule has 0 aliphatic rings. The zero-order valence-electron chi connectivity index (χ0n) is 12.8. The minimum Gasteiger partial charge on any atom is -0.484 e. The van der Waals surface area contributed by atoms with Crippen molar-refractivity contribution in [2.45, 2.75) is 5.60 Å². The van der Waals surface area contributed by atoms with Crippen molar-refractivity contribution in [2.75, 3.05) is 13.2 Å². The number of thiophene rings is 1. The van der Waals surface area contributed by atoms with Crippen molar-refractivity contribution in [3.8, 4) is 5.75 Å². The molecular weight excluding hydrogens is 326 g/mol. The maximum absolute atomic E-state index is 12.0. The first-order valence-electron chi connectivity index (χ1n) is 7.42. The van der Waals surface area contributed by atoms with E-state index >= 15 is 0 Å². The highest BCUT2D eigenvalue weighted by molar-refractivity contribution is 7.10. The quantitative estimate of drug-likeness (QED) is 0.692. The van der Waals surface area contributed by atoms with Crippen LogP contribution in [0.4, 0.5) is 0 Å². The molecule has 5 nitrogen and oxygen atoms in total. The van der Waals surface area contributed by atoms with Gasteiger partial charge in [-0.25, -0.2) is 0 Å². The Labute approximate surface area is 143 Å². The Balaban J connectivity index is 1.63. The van der Waals surface area contributed by atoms with Gasteiger partial charge >= 0.3 is 0 Å². The summed E-state index contributed by atoms with van der Waals surface area (Å²) >= 11 is 1.42. The van der Waals surface area contributed by atoms with Crippen LogP contribution in [-0.4, -0.2) is 24.2 Å². The van der Waals surface area contributed by atoms with E-state index in [1.165, 1.54) is 23.9 Å². The number of carbonyl (C=O) groups is 1. The average molecular weight is 343 g/mol. The van der Waals surface area contributed by atoms with Crippen LogP contribution < -0.4 is 10.1 Å². The van der Waals surface area contributed by atoms with Crippen LogP contribution in [0.15, 0.2) is 70.9 Å². The van der Waals surface area contributed by atoms with Crippen LogP contribution >= 0.6 is 11.3 Å². The van der Waals surface area contributed by atoms with Gasteiger partial charge in [0.2, 0.25) is 0 Å². The van der Waals surface area contributed by atoms with Gasteiger partial charge in [-0.15, -0.1) is 11.3 Å². The Bertz CT molecular complexity index is 719. The number of ether oxygens (including phenoxy) is 1. The summed E-state index contributed by atoms with van der Waals surface area (Å²) in [4.78, 5) is 12.8. The van der Waals surface area contributed by atoms with Crippen molar-refractivity contribution in [3.05, 3.63) is 76.9 Å². The van der Waals surface area contributed by atoms with Crippen molar-refractivity contribution in [1.29, 1.82) is 0 Å². The summed E-state index contributed by atoms with van der Waals surface area (Å²) in [5.74, 6) is 0.313. The summed E-state index contributed by atoms with van der Waals surface area (Å²) in [6, 6.07) is 14.5. The molecule has 24 heavy (non-hydrogen) atoms. The number of furan rings is 1. The summed E-state index contributed by atoms with van der Waals surface area (Å²) in [5.41, 5.74) is -0.738. The van der Waals surface area contributed by atoms with Crippen LogP contribution in [0.5, 0.6) is 5.75 Å². The monoisotopic (exact) mass is 343 g/mol. The molecule has 2 aromatic heterocycles. The summed E-state index contributed by atoms with van der Waals surface area (Å²) in [6.07, 6.45) is 2.97. The predicted molar refractivity (Wildman–Crippen MR) is 91.0 cm³/mol. The SMILES string of the molecule is O=C(COc1ccccc1)NC[C@@](O)(c1ccoc1)c1cccs1. The minimum absolute atomic E-state index is 0.0318. The van der Waals surface area contributed by atoms with Crippen molar-refractivity contribution in [3.63, 3.8) is 0 Å². The molecule has 0 aliphatic heterocycles. The lowest BCUT2D eigenvalue weighted by Gasteiger charge is -2.26. The van der Waals surface area contributed by atoms with Gasteiger partial charge in [0.15, 0.2) is 6.61 Å². The van der Waals surface area contributed by atoms with E-state index in [0.717, 1.165) is 4.88 Å². The van der Waals surface area contributed by atoms with Gasteiger partial charge in [0.05, 0.1) is 19.1 Å². The van der Waals surface area contributed by atoms with Gasteiger partial charge in [-0.2, -0.15) is 0 Å². The Kier molecular flexibility index (Phi) is 4.98. The lowest BCUT2D eigenvalue weighted by atomic mass is 9.94. The van der Waals surface area contributed by atoms with Crippen molar-refractivity contribution in [2.24, 2.45) is 0 Å². The Hall–Kier alpha value is -2.57. The third-order valence-electron chi connectivity index (χ3n) is 3.58. The number of carbonyl (C=O) groups excluding carboxylic acids is 1. The second-order valence-electron chi connectivity index (χ2n) is 5.23. The van der Waals surface area contributed by atoms with Gasteiger partial charge in [-0.1, -0.05) is 24.3 Å². The molecule has 0 aliphatic carbocycles. The zero-order valence-corrected chi connectivity index (χ0v) is 13.7. The molecular formula is C18H17NO4S. The Morgan fingerprint density at radius 2 is 2.04 bits per heavy atom. The predicted octanol–water partition coefficient (Wildman–Crippen LogP) is 2.77. The van der Waals surface area contributed by atoms with E-state index in [1.54, 1.807) is 18.2 Å². The number of hydrogen-bond donors (Lipinski definition) is 2. The van der Waals surface area contributed by atoms with Gasteiger partial charge in [-0.3, -0.25) is 4.79 Å². The molecule has 0 radical (unpaired) electrons. The highest BCUT2D eigenvalue weighted by Gasteiger charge is 2.34. The summed E-state index contributed by atoms with van der Waals surface area (Å²) < 4.78 is 10.5. The standard InChI is InChI=1S/C18H17NO4S/c20-17(12-23-15-5-2-1-3-6-15)19-13-18(21,14-8-9-22-11-14)16-7-4-10-24-16/h1-11,21H,12-13H2,(H,19,20)/t18-/m1/s1. The van der Waals surface area contributed by atoms with Crippen molar-refractivity contribution in [1.82, 2.24) is 5.32 Å². The fourth-order valence-electron chi connectivity index (χ4n) is 2.29. The fourth-order valence-corrected chi connectivity index (χ4v) is 3.13. The smallest absolute Gasteiger partial charge is 0.258 e. The topological polar surface area (TPSA) is 71.7 Å². The van der Waals surface area contributed by atoms with Crippen molar-refractivity contribution >= 4 is 17.2 Å². The number of benzene rings is 1. The molecule has 6 heteroatoms. The maximum atomic E-state index is 12.0. The summed E-state index contributed by atoms with van der Waals surface area (Å²) in [6.45, 7) is -0.0834. The van der Waals surface area contributed by atoms with E-state index in [2.05, 4.69) is 5.32 Å². The number of amides is 1. The molecule has 124 valence electrons. The third-order valence-corrected chi connectivity index (χ3v) is 4.60. The highest BCUT2D eigenvalue weighted by atomic mass is 32.1. The average Bonchev–Trinajstić information content (AvgIpc) is 3.32. The van der Waals surface area contributed by atoms with E-state index in [9.17, 15) is 9.90 Å². The van der Waals surface area contributed by atoms with Gasteiger partial charge < -0.3 is 19.6 Å². The van der Waals surface area contributed by atoms with E-state index in [4.69, 9.17) is 9.15 Å². The largest absolute Gasteiger partial charge is 0.484 e. The third kappa shape index (κ3) is 3.67. The lowest BCUT2D eigenvalue weighted by molar-refractivity contribution is -0.124. The van der Waals surface area contributed by atoms with Crippen LogP contribution in [-0.2, 0) is 10.4 Å². The normalized spacial score (nSPS) is 13.2. The fraction of sp³-hybridized carbons (Fsp3) is 0.167. The first kappa shape index (κ1) is 16.3. The number of nitrogens with one attached hydrogen (secondary N) is 1. The molecule has 1 atom stereocenters. The molecule has 0 saturated heterocycles. The molecule has 2 N–H and O–H groups in total. The second kappa shape index (κ2) is 7.33. The minimum atomic E-state index is -1.33. The van der Waals surface area contributed by atoms with E-state index in [-0.39, 0.29) is 19.1 Å². The zero-order chi connectivity index (χ0) is 16.8. The van der Waals surface area contributed by atoms with E-state index in [1.807, 2.05) is 35.7 Å². The Morgan fingerprint density at radius 1 is 1.21 bits per heavy atom. The van der Waals surface area contributed by atoms with Crippen molar-refractivity contribution < 1.29 is 19.1 Å². The van der Waals surface area contributed by atoms with Crippen LogP contribution in [0.25, 0.3) is 0 Å². The number of rotatable bonds is 7. The molecule has 1 aromatic carbocycles. The molecule has 3 rings (SSSR count). The van der Waals surface area contributed by atoms with Gasteiger partial charge in [0.1, 0.15) is 11.4 Å². The molecule has 0 saturated carbocycles. The van der Waals surface area contributed by atoms with E-state index < -0.39 is 5.60 Å². The molecule has 0 spiro atoms. The molecule has 0 unspecified atom stereocenters. The Morgan fingerprint density at radius 3 is 2.71 bits per heavy atom. The number of para-hydroxylation sites is 1. The molecule has 3 aromatic rings. The molecule has 0 bridgehead atoms. The van der Waals surface area contributed by atoms with Gasteiger partial charge in [-0.05, 0) is 29.6 Å². The maximum Gasteiger partial charge on any atom is 0.258 e. The molecule has 1 amide bonds. The van der Waals surface area contributed by atoms with Crippen LogP contribution in [0.3, 0.4) is 0 Å². The summed E-state index contributed by atoms with van der Waals surface area (Å²) in [7, 11) is 0. The lowest BCUT2D eigenvalue weighted by Crippen LogP contribution is -2.42. The number of hydrogen-bond acceptors (Lipinski definition) is 5.